The zero-order valence-corrected chi connectivity index (χ0v) is 50.2. The van der Waals surface area contributed by atoms with E-state index in [0.717, 1.165) is 0 Å². The highest BCUT2D eigenvalue weighted by molar-refractivity contribution is 6.01. The number of hydrogen-bond acceptors (Lipinski definition) is 18. The predicted molar refractivity (Wildman–Crippen MR) is 292 cm³/mol. The number of rotatable bonds is 12. The second-order valence-electron chi connectivity index (χ2n) is 27.5. The van der Waals surface area contributed by atoms with Crippen LogP contribution in [0.15, 0.2) is 23.8 Å². The molecule has 20 heteroatoms. The number of esters is 1. The number of ether oxygens (including phenoxy) is 6. The van der Waals surface area contributed by atoms with Crippen molar-refractivity contribution in [3.63, 3.8) is 0 Å². The van der Waals surface area contributed by atoms with Gasteiger partial charge in [-0.3, -0.25) is 19.3 Å². The maximum absolute atomic E-state index is 17.9. The number of alkyl halides is 1. The molecule has 26 atom stereocenters. The Morgan fingerprint density at radius 2 is 1.60 bits per heavy atom. The first-order valence-electron chi connectivity index (χ1n) is 29.7. The maximum atomic E-state index is 17.9. The molecule has 8 rings (SSSR count). The molecule has 456 valence electrons. The SMILES string of the molecule is CC[C@H]1OC(=O)[C@H](C)[C@@H](O[C@@H]2C[C@](C)(OC)[C@H](O)[C@H](C)O2)[C@H](C)[C@@H](O[C@@H]2O[C@H](C)C[C@@H](N(C)C)[C@H]2O)[C@]2(O)C[C@@]2(C)CN(CCCNC(=O)[C@@]2(O)[C@H](C)CC3C4CCC5=CC(=O)C=C[C@]5(C)[C@@]4(F)[C@@H](O)C[C@@]32C)[C@H](C)[C@@H](O)[C@]1(C)O. The Bertz CT molecular complexity index is 2360. The summed E-state index contributed by atoms with van der Waals surface area (Å²) in [5.41, 5.74) is -11.7. The second-order valence-corrected chi connectivity index (χ2v) is 27.5. The number of nitrogens with one attached hydrogen (secondary N) is 1. The van der Waals surface area contributed by atoms with E-state index in [1.54, 1.807) is 68.4 Å². The number of carbonyl (C=O) groups excluding carboxylic acids is 3. The summed E-state index contributed by atoms with van der Waals surface area (Å²) in [6.45, 7) is 21.2. The van der Waals surface area contributed by atoms with Gasteiger partial charge >= 0.3 is 5.97 Å². The van der Waals surface area contributed by atoms with Crippen LogP contribution in [0, 0.1) is 45.8 Å². The molecule has 0 aromatic heterocycles. The zero-order valence-electron chi connectivity index (χ0n) is 50.2. The molecule has 0 radical (unpaired) electrons. The molecular weight excluding hydrogens is 1040 g/mol. The third-order valence-corrected chi connectivity index (χ3v) is 22.2. The highest BCUT2D eigenvalue weighted by atomic mass is 19.1. The molecule has 3 saturated heterocycles. The minimum Gasteiger partial charge on any atom is -0.459 e. The van der Waals surface area contributed by atoms with Gasteiger partial charge < -0.3 is 74.4 Å². The number of carbonyl (C=O) groups is 3. The van der Waals surface area contributed by atoms with Crippen molar-refractivity contribution in [2.45, 2.75) is 249 Å². The number of ketones is 1. The lowest BCUT2D eigenvalue weighted by Gasteiger charge is -2.62. The summed E-state index contributed by atoms with van der Waals surface area (Å²) in [6.07, 6.45) is -5.64. The van der Waals surface area contributed by atoms with E-state index >= 15 is 4.39 Å². The molecule has 1 amide bonds. The first kappa shape index (κ1) is 63.5. The lowest BCUT2D eigenvalue weighted by Crippen LogP contribution is -2.70. The van der Waals surface area contributed by atoms with E-state index in [1.807, 2.05) is 37.7 Å². The number of fused-ring (bicyclic) bond motifs is 6. The highest BCUT2D eigenvalue weighted by Gasteiger charge is 2.76. The summed E-state index contributed by atoms with van der Waals surface area (Å²) in [5.74, 6) is -5.35. The number of nitrogens with zero attached hydrogens (tertiary/aromatic N) is 2. The van der Waals surface area contributed by atoms with Crippen molar-refractivity contribution in [1.82, 2.24) is 15.1 Å². The highest BCUT2D eigenvalue weighted by Crippen LogP contribution is 2.71. The summed E-state index contributed by atoms with van der Waals surface area (Å²) in [5, 5.41) is 88.8. The number of likely N-dealkylation sites (N-methyl/N-ethyl adjacent to an activating group) is 1. The lowest BCUT2D eigenvalue weighted by atomic mass is 9.44. The van der Waals surface area contributed by atoms with Crippen molar-refractivity contribution in [2.24, 2.45) is 45.8 Å². The Balaban J connectivity index is 1.08. The van der Waals surface area contributed by atoms with Crippen molar-refractivity contribution in [1.29, 1.82) is 0 Å². The van der Waals surface area contributed by atoms with E-state index in [0.29, 0.717) is 31.3 Å². The molecule has 8 aliphatic rings. The summed E-state index contributed by atoms with van der Waals surface area (Å²) < 4.78 is 56.3. The molecule has 8 N–H and O–H groups in total. The average molecular weight is 1140 g/mol. The number of hydrogen-bond donors (Lipinski definition) is 8. The number of allylic oxidation sites excluding steroid dienone is 4. The third-order valence-electron chi connectivity index (χ3n) is 22.2. The van der Waals surface area contributed by atoms with Crippen molar-refractivity contribution < 1.29 is 82.9 Å². The van der Waals surface area contributed by atoms with E-state index < -0.39 is 153 Å². The van der Waals surface area contributed by atoms with Crippen LogP contribution in [0.5, 0.6) is 0 Å². The van der Waals surface area contributed by atoms with Crippen LogP contribution in [0.3, 0.4) is 0 Å². The van der Waals surface area contributed by atoms with Gasteiger partial charge in [0.05, 0.1) is 47.6 Å². The van der Waals surface area contributed by atoms with Gasteiger partial charge in [-0.05, 0) is 138 Å². The van der Waals surface area contributed by atoms with E-state index in [2.05, 4.69) is 5.32 Å². The van der Waals surface area contributed by atoms with Crippen LogP contribution in [0.1, 0.15) is 141 Å². The first-order chi connectivity index (χ1) is 37.1. The summed E-state index contributed by atoms with van der Waals surface area (Å²) >= 11 is 0. The summed E-state index contributed by atoms with van der Waals surface area (Å²) in [4.78, 5) is 45.6. The van der Waals surface area contributed by atoms with Crippen LogP contribution in [-0.2, 0) is 42.8 Å². The minimum absolute atomic E-state index is 0.0490. The fraction of sp³-hybridized carbons (Fsp3) is 0.883. The second kappa shape index (κ2) is 22.4. The van der Waals surface area contributed by atoms with Crippen molar-refractivity contribution >= 4 is 17.7 Å². The number of aliphatic hydroxyl groups is 7. The normalized spacial score (nSPS) is 52.0. The average Bonchev–Trinajstić information content (AvgIpc) is 2.74. The quantitative estimate of drug-likeness (QED) is 0.103. The Hall–Kier alpha value is -2.54. The van der Waals surface area contributed by atoms with Gasteiger partial charge in [-0.1, -0.05) is 46.3 Å². The fourth-order valence-electron chi connectivity index (χ4n) is 16.7. The van der Waals surface area contributed by atoms with Crippen LogP contribution in [0.25, 0.3) is 0 Å². The van der Waals surface area contributed by atoms with Crippen molar-refractivity contribution in [2.75, 3.05) is 40.8 Å². The lowest BCUT2D eigenvalue weighted by molar-refractivity contribution is -0.314. The standard InChI is InChI=1S/C60H98FN3O16/c1-16-43-57(12,72)47(68)35(6)64(23-17-22-62-52(71)60(74)31(2)24-40-39-19-18-37-26-38(65)20-21-54(37,9)59(39,61)42(66)27-55(40,60)10)30-53(8)29-58(53,73)49(80-51-45(67)41(63(13)14)25-32(3)76-51)33(4)46(34(5)50(70)78-43)79-44-28-56(11,75-15)48(69)36(7)77-44/h20-21,26,31-36,39-49,51,66-69,72-74H,16-19,22-25,27-30H2,1-15H3,(H,62,71)/t31-,32-,33+,34-,35-,36+,39?,40?,41-,42+,43-,44-,45-,46+,47-,48-,49-,51+,53+,54+,55+,56+,57-,58-,59+,60+/m1/s1. The number of amides is 1. The fourth-order valence-corrected chi connectivity index (χ4v) is 16.7. The molecule has 3 aliphatic heterocycles. The van der Waals surface area contributed by atoms with Crippen LogP contribution in [0.2, 0.25) is 0 Å². The van der Waals surface area contributed by atoms with Crippen LogP contribution in [0.4, 0.5) is 4.39 Å². The van der Waals surface area contributed by atoms with Crippen molar-refractivity contribution in [3.05, 3.63) is 23.8 Å². The number of aliphatic hydroxyl groups excluding tert-OH is 4. The smallest absolute Gasteiger partial charge is 0.311 e. The third kappa shape index (κ3) is 10.2. The molecule has 7 fully saturated rings. The summed E-state index contributed by atoms with van der Waals surface area (Å²) in [7, 11) is 5.20. The zero-order chi connectivity index (χ0) is 59.4. The van der Waals surface area contributed by atoms with E-state index in [1.165, 1.54) is 26.2 Å². The molecule has 0 spiro atoms. The van der Waals surface area contributed by atoms with Gasteiger partial charge in [-0.2, -0.15) is 0 Å². The van der Waals surface area contributed by atoms with E-state index in [4.69, 9.17) is 28.4 Å². The van der Waals surface area contributed by atoms with E-state index in [9.17, 15) is 50.1 Å². The van der Waals surface area contributed by atoms with Gasteiger partial charge in [0, 0.05) is 73.3 Å². The number of halogens is 1. The topological polar surface area (TPSA) is 267 Å². The molecule has 2 unspecified atom stereocenters. The molecule has 0 bridgehead atoms. The largest absolute Gasteiger partial charge is 0.459 e. The molecule has 19 nitrogen and oxygen atoms in total. The van der Waals surface area contributed by atoms with Crippen LogP contribution in [-0.4, -0.2) is 212 Å². The van der Waals surface area contributed by atoms with E-state index in [-0.39, 0.29) is 69.7 Å². The Labute approximate surface area is 473 Å². The molecule has 80 heavy (non-hydrogen) atoms. The Morgan fingerprint density at radius 1 is 0.925 bits per heavy atom. The first-order valence-corrected chi connectivity index (χ1v) is 29.7. The summed E-state index contributed by atoms with van der Waals surface area (Å²) in [6, 6.07) is -1.22. The maximum Gasteiger partial charge on any atom is 0.311 e. The molecule has 0 aromatic rings. The number of methoxy groups -OCH3 is 1. The molecular formula is C60H98FN3O16. The number of cyclic esters (lactones) is 1. The molecule has 4 saturated carbocycles. The van der Waals surface area contributed by atoms with Gasteiger partial charge in [0.1, 0.15) is 30.0 Å². The van der Waals surface area contributed by atoms with Gasteiger partial charge in [0.2, 0.25) is 0 Å². The minimum atomic E-state index is -2.13. The predicted octanol–water partition coefficient (Wildman–Crippen LogP) is 3.49. The Morgan fingerprint density at radius 3 is 2.24 bits per heavy atom. The Kier molecular flexibility index (Phi) is 17.8. The van der Waals surface area contributed by atoms with Gasteiger partial charge in [-0.25, -0.2) is 4.39 Å². The van der Waals surface area contributed by atoms with Gasteiger partial charge in [0.25, 0.3) is 5.91 Å². The van der Waals surface area contributed by atoms with Gasteiger partial charge in [0.15, 0.2) is 29.6 Å². The van der Waals surface area contributed by atoms with Crippen molar-refractivity contribution in [3.8, 4) is 0 Å². The molecule has 3 heterocycles. The monoisotopic (exact) mass is 1140 g/mol. The van der Waals surface area contributed by atoms with Gasteiger partial charge in [-0.15, -0.1) is 0 Å². The van der Waals surface area contributed by atoms with Crippen LogP contribution < -0.4 is 5.32 Å². The van der Waals surface area contributed by atoms with Crippen LogP contribution >= 0.6 is 0 Å². The molecule has 0 aromatic carbocycles. The molecule has 5 aliphatic carbocycles.